The Morgan fingerprint density at radius 3 is 2.28 bits per heavy atom. The zero-order valence-electron chi connectivity index (χ0n) is 14.6. The van der Waals surface area contributed by atoms with Crippen molar-refractivity contribution in [2.45, 2.75) is 18.4 Å². The monoisotopic (exact) mass is 358 g/mol. The summed E-state index contributed by atoms with van der Waals surface area (Å²) in [6.07, 6.45) is 1.51. The standard InChI is InChI=1S/C19H22N2O3S/c1-15(16-9-5-4-6-10-16)13-19(22)20-14-17-11-7-8-12-18(17)25(23,24)21(2)3/h4-13H,14H2,1-3H3,(H,20,22)/b15-13+. The van der Waals surface area contributed by atoms with Gasteiger partial charge in [0.15, 0.2) is 0 Å². The quantitative estimate of drug-likeness (QED) is 0.808. The minimum Gasteiger partial charge on any atom is -0.348 e. The second-order valence-electron chi connectivity index (χ2n) is 5.81. The maximum atomic E-state index is 12.4. The van der Waals surface area contributed by atoms with Gasteiger partial charge in [-0.1, -0.05) is 48.5 Å². The van der Waals surface area contributed by atoms with Crippen molar-refractivity contribution in [1.82, 2.24) is 9.62 Å². The van der Waals surface area contributed by atoms with E-state index in [1.54, 1.807) is 24.3 Å². The molecule has 0 aliphatic carbocycles. The van der Waals surface area contributed by atoms with Crippen molar-refractivity contribution >= 4 is 21.5 Å². The number of nitrogens with one attached hydrogen (secondary N) is 1. The number of sulfonamides is 1. The van der Waals surface area contributed by atoms with Gasteiger partial charge in [-0.05, 0) is 29.7 Å². The van der Waals surface area contributed by atoms with Gasteiger partial charge in [0.1, 0.15) is 0 Å². The minimum atomic E-state index is -3.55. The third kappa shape index (κ3) is 4.78. The van der Waals surface area contributed by atoms with Gasteiger partial charge < -0.3 is 5.32 Å². The van der Waals surface area contributed by atoms with E-state index in [4.69, 9.17) is 0 Å². The highest BCUT2D eigenvalue weighted by Crippen LogP contribution is 2.18. The van der Waals surface area contributed by atoms with Crippen molar-refractivity contribution in [1.29, 1.82) is 0 Å². The highest BCUT2D eigenvalue weighted by atomic mass is 32.2. The number of amides is 1. The van der Waals surface area contributed by atoms with Crippen molar-refractivity contribution in [2.24, 2.45) is 0 Å². The van der Waals surface area contributed by atoms with Crippen LogP contribution in [0.4, 0.5) is 0 Å². The Morgan fingerprint density at radius 1 is 1.04 bits per heavy atom. The highest BCUT2D eigenvalue weighted by molar-refractivity contribution is 7.89. The Balaban J connectivity index is 2.13. The first-order chi connectivity index (χ1) is 11.8. The van der Waals surface area contributed by atoms with Crippen LogP contribution in [-0.2, 0) is 21.4 Å². The van der Waals surface area contributed by atoms with Crippen LogP contribution in [0.25, 0.3) is 5.57 Å². The van der Waals surface area contributed by atoms with E-state index in [2.05, 4.69) is 5.32 Å². The lowest BCUT2D eigenvalue weighted by atomic mass is 10.1. The molecule has 0 bridgehead atoms. The third-order valence-electron chi connectivity index (χ3n) is 3.76. The van der Waals surface area contributed by atoms with Crippen LogP contribution in [0.1, 0.15) is 18.1 Å². The summed E-state index contributed by atoms with van der Waals surface area (Å²) in [4.78, 5) is 12.3. The number of carbonyl (C=O) groups is 1. The van der Waals surface area contributed by atoms with E-state index in [0.717, 1.165) is 15.4 Å². The molecule has 132 valence electrons. The van der Waals surface area contributed by atoms with E-state index in [1.807, 2.05) is 37.3 Å². The number of hydrogen-bond donors (Lipinski definition) is 1. The van der Waals surface area contributed by atoms with Crippen molar-refractivity contribution in [2.75, 3.05) is 14.1 Å². The summed E-state index contributed by atoms with van der Waals surface area (Å²) < 4.78 is 25.9. The van der Waals surface area contributed by atoms with Gasteiger partial charge in [0.05, 0.1) is 4.90 Å². The van der Waals surface area contributed by atoms with Gasteiger partial charge in [-0.2, -0.15) is 0 Å². The molecule has 0 unspecified atom stereocenters. The third-order valence-corrected chi connectivity index (χ3v) is 5.68. The van der Waals surface area contributed by atoms with E-state index < -0.39 is 10.0 Å². The maximum absolute atomic E-state index is 12.4. The predicted octanol–water partition coefficient (Wildman–Crippen LogP) is 2.66. The number of rotatable bonds is 6. The number of hydrogen-bond acceptors (Lipinski definition) is 3. The summed E-state index contributed by atoms with van der Waals surface area (Å²) >= 11 is 0. The molecule has 1 N–H and O–H groups in total. The molecule has 0 spiro atoms. The highest BCUT2D eigenvalue weighted by Gasteiger charge is 2.20. The van der Waals surface area contributed by atoms with Crippen LogP contribution in [-0.4, -0.2) is 32.7 Å². The Kier molecular flexibility index (Phi) is 6.12. The Labute approximate surface area is 149 Å². The molecule has 6 heteroatoms. The van der Waals surface area contributed by atoms with Gasteiger partial charge in [-0.25, -0.2) is 12.7 Å². The van der Waals surface area contributed by atoms with E-state index in [0.29, 0.717) is 5.56 Å². The lowest BCUT2D eigenvalue weighted by Gasteiger charge is -2.15. The molecule has 0 atom stereocenters. The fourth-order valence-electron chi connectivity index (χ4n) is 2.31. The van der Waals surface area contributed by atoms with Crippen LogP contribution in [0.3, 0.4) is 0 Å². The molecule has 0 fully saturated rings. The molecule has 1 amide bonds. The van der Waals surface area contributed by atoms with Gasteiger partial charge in [0.2, 0.25) is 15.9 Å². The molecular formula is C19H22N2O3S. The van der Waals surface area contributed by atoms with Gasteiger partial charge in [-0.3, -0.25) is 4.79 Å². The zero-order valence-corrected chi connectivity index (χ0v) is 15.4. The average Bonchev–Trinajstić information content (AvgIpc) is 2.60. The van der Waals surface area contributed by atoms with E-state index in [9.17, 15) is 13.2 Å². The average molecular weight is 358 g/mol. The van der Waals surface area contributed by atoms with Crippen LogP contribution < -0.4 is 5.32 Å². The fourth-order valence-corrected chi connectivity index (χ4v) is 3.43. The lowest BCUT2D eigenvalue weighted by Crippen LogP contribution is -2.26. The summed E-state index contributed by atoms with van der Waals surface area (Å²) in [6.45, 7) is 2.00. The first kappa shape index (κ1) is 18.9. The van der Waals surface area contributed by atoms with Crippen LogP contribution in [0, 0.1) is 0 Å². The van der Waals surface area contributed by atoms with Crippen molar-refractivity contribution in [3.63, 3.8) is 0 Å². The van der Waals surface area contributed by atoms with Crippen LogP contribution >= 0.6 is 0 Å². The Morgan fingerprint density at radius 2 is 1.64 bits per heavy atom. The molecule has 0 heterocycles. The van der Waals surface area contributed by atoms with Gasteiger partial charge in [0, 0.05) is 26.7 Å². The largest absolute Gasteiger partial charge is 0.348 e. The lowest BCUT2D eigenvalue weighted by molar-refractivity contribution is -0.116. The SMILES string of the molecule is C/C(=C\C(=O)NCc1ccccc1S(=O)(=O)N(C)C)c1ccccc1. The Bertz CT molecular complexity index is 873. The molecule has 0 radical (unpaired) electrons. The number of allylic oxidation sites excluding steroid dienone is 1. The summed E-state index contributed by atoms with van der Waals surface area (Å²) in [6, 6.07) is 16.3. The van der Waals surface area contributed by atoms with Gasteiger partial charge in [0.25, 0.3) is 0 Å². The van der Waals surface area contributed by atoms with E-state index in [-0.39, 0.29) is 17.3 Å². The minimum absolute atomic E-state index is 0.140. The topological polar surface area (TPSA) is 66.5 Å². The summed E-state index contributed by atoms with van der Waals surface area (Å²) in [5.74, 6) is -0.265. The van der Waals surface area contributed by atoms with Gasteiger partial charge in [-0.15, -0.1) is 0 Å². The number of nitrogens with zero attached hydrogens (tertiary/aromatic N) is 1. The fraction of sp³-hybridized carbons (Fsp3) is 0.211. The smallest absolute Gasteiger partial charge is 0.244 e. The summed E-state index contributed by atoms with van der Waals surface area (Å²) in [7, 11) is -0.589. The number of benzene rings is 2. The molecule has 0 aliphatic heterocycles. The van der Waals surface area contributed by atoms with E-state index >= 15 is 0 Å². The second-order valence-corrected chi connectivity index (χ2v) is 7.93. The zero-order chi connectivity index (χ0) is 18.4. The molecule has 0 saturated heterocycles. The second kappa shape index (κ2) is 8.09. The van der Waals surface area contributed by atoms with Crippen molar-refractivity contribution < 1.29 is 13.2 Å². The van der Waals surface area contributed by atoms with Crippen LogP contribution in [0.15, 0.2) is 65.6 Å². The van der Waals surface area contributed by atoms with Gasteiger partial charge >= 0.3 is 0 Å². The molecule has 5 nitrogen and oxygen atoms in total. The summed E-state index contributed by atoms with van der Waals surface area (Å²) in [5.41, 5.74) is 2.36. The first-order valence-electron chi connectivity index (χ1n) is 7.84. The van der Waals surface area contributed by atoms with E-state index in [1.165, 1.54) is 20.2 Å². The van der Waals surface area contributed by atoms with Crippen LogP contribution in [0.2, 0.25) is 0 Å². The predicted molar refractivity (Wildman–Crippen MR) is 99.3 cm³/mol. The molecular weight excluding hydrogens is 336 g/mol. The maximum Gasteiger partial charge on any atom is 0.244 e. The molecule has 0 aromatic heterocycles. The first-order valence-corrected chi connectivity index (χ1v) is 9.28. The van der Waals surface area contributed by atoms with Crippen molar-refractivity contribution in [3.8, 4) is 0 Å². The summed E-state index contributed by atoms with van der Waals surface area (Å²) in [5, 5.41) is 2.75. The van der Waals surface area contributed by atoms with Crippen LogP contribution in [0.5, 0.6) is 0 Å². The Hall–Kier alpha value is -2.44. The molecule has 2 aromatic rings. The molecule has 0 saturated carbocycles. The number of carbonyl (C=O) groups excluding carboxylic acids is 1. The molecule has 25 heavy (non-hydrogen) atoms. The normalized spacial score (nSPS) is 12.2. The molecule has 2 aromatic carbocycles. The molecule has 0 aliphatic rings. The van der Waals surface area contributed by atoms with Crippen molar-refractivity contribution in [3.05, 3.63) is 71.8 Å². The molecule has 2 rings (SSSR count).